The van der Waals surface area contributed by atoms with Crippen molar-refractivity contribution in [2.45, 2.75) is 19.5 Å². The molecule has 150 valence electrons. The Kier molecular flexibility index (Phi) is 5.59. The molecule has 0 saturated carbocycles. The van der Waals surface area contributed by atoms with E-state index in [0.717, 1.165) is 18.2 Å². The first kappa shape index (κ1) is 20.4. The van der Waals surface area contributed by atoms with Crippen LogP contribution in [0, 0.1) is 12.7 Å². The maximum absolute atomic E-state index is 13.3. The molecular weight excluding hydrogens is 388 g/mol. The van der Waals surface area contributed by atoms with E-state index in [1.807, 2.05) is 0 Å². The Morgan fingerprint density at radius 3 is 2.45 bits per heavy atom. The van der Waals surface area contributed by atoms with Crippen LogP contribution in [-0.2, 0) is 11.0 Å². The number of benzene rings is 2. The molecule has 0 amide bonds. The number of aliphatic carboxylic acids is 1. The summed E-state index contributed by atoms with van der Waals surface area (Å²) in [6, 6.07) is 6.86. The lowest BCUT2D eigenvalue weighted by atomic mass is 9.99. The average Bonchev–Trinajstić information content (AvgIpc) is 2.65. The van der Waals surface area contributed by atoms with Gasteiger partial charge in [0.2, 0.25) is 0 Å². The SMILES string of the molecule is Cc1cc(F)ccc1Oc1cc(C(F)(F)F)ccc1C=C1C=CC(C(=O)O)=CC1. The summed E-state index contributed by atoms with van der Waals surface area (Å²) in [5.41, 5.74) is 0.797. The van der Waals surface area contributed by atoms with Crippen molar-refractivity contribution < 1.29 is 32.2 Å². The summed E-state index contributed by atoms with van der Waals surface area (Å²) in [4.78, 5) is 11.0. The van der Waals surface area contributed by atoms with Crippen LogP contribution in [0.25, 0.3) is 6.08 Å². The number of aryl methyl sites for hydroxylation is 1. The topological polar surface area (TPSA) is 46.5 Å². The molecule has 0 spiro atoms. The molecule has 1 N–H and O–H groups in total. The first-order chi connectivity index (χ1) is 13.6. The van der Waals surface area contributed by atoms with E-state index in [9.17, 15) is 22.4 Å². The van der Waals surface area contributed by atoms with Gasteiger partial charge in [-0.3, -0.25) is 0 Å². The lowest BCUT2D eigenvalue weighted by molar-refractivity contribution is -0.137. The quantitative estimate of drug-likeness (QED) is 0.609. The standard InChI is InChI=1S/C22H16F4O3/c1-13-10-18(23)8-9-19(13)29-20-12-17(22(24,25)26)7-6-16(20)11-14-2-4-15(5-3-14)21(27)28/h2,4-12H,3H2,1H3,(H,27,28). The van der Waals surface area contributed by atoms with Gasteiger partial charge in [0.25, 0.3) is 0 Å². The van der Waals surface area contributed by atoms with Gasteiger partial charge >= 0.3 is 12.1 Å². The summed E-state index contributed by atoms with van der Waals surface area (Å²) < 4.78 is 58.5. The summed E-state index contributed by atoms with van der Waals surface area (Å²) in [5, 5.41) is 8.98. The Morgan fingerprint density at radius 2 is 1.86 bits per heavy atom. The number of alkyl halides is 3. The molecule has 2 aromatic carbocycles. The minimum absolute atomic E-state index is 0.0385. The number of halogens is 4. The van der Waals surface area contributed by atoms with Crippen LogP contribution >= 0.6 is 0 Å². The number of rotatable bonds is 4. The van der Waals surface area contributed by atoms with Crippen LogP contribution in [0.3, 0.4) is 0 Å². The second-order valence-electron chi connectivity index (χ2n) is 6.48. The van der Waals surface area contributed by atoms with E-state index in [1.165, 1.54) is 30.4 Å². The van der Waals surface area contributed by atoms with Gasteiger partial charge in [0.15, 0.2) is 0 Å². The Hall–Kier alpha value is -3.35. The van der Waals surface area contributed by atoms with Gasteiger partial charge in [0, 0.05) is 5.56 Å². The van der Waals surface area contributed by atoms with E-state index < -0.39 is 23.5 Å². The lowest BCUT2D eigenvalue weighted by Gasteiger charge is -2.15. The highest BCUT2D eigenvalue weighted by atomic mass is 19.4. The minimum Gasteiger partial charge on any atom is -0.478 e. The predicted molar refractivity (Wildman–Crippen MR) is 100 cm³/mol. The molecule has 3 rings (SSSR count). The molecule has 0 saturated heterocycles. The molecule has 0 aliphatic heterocycles. The Bertz CT molecular complexity index is 1050. The zero-order chi connectivity index (χ0) is 21.2. The van der Waals surface area contributed by atoms with E-state index in [2.05, 4.69) is 0 Å². The summed E-state index contributed by atoms with van der Waals surface area (Å²) in [5.74, 6) is -1.33. The Labute approximate surface area is 164 Å². The molecule has 0 unspecified atom stereocenters. The summed E-state index contributed by atoms with van der Waals surface area (Å²) in [6.07, 6.45) is 1.92. The highest BCUT2D eigenvalue weighted by Gasteiger charge is 2.31. The van der Waals surface area contributed by atoms with Crippen molar-refractivity contribution in [3.8, 4) is 11.5 Å². The number of carbonyl (C=O) groups is 1. The first-order valence-corrected chi connectivity index (χ1v) is 8.61. The predicted octanol–water partition coefficient (Wildman–Crippen LogP) is 6.30. The zero-order valence-corrected chi connectivity index (χ0v) is 15.3. The van der Waals surface area contributed by atoms with E-state index in [1.54, 1.807) is 19.1 Å². The molecule has 7 heteroatoms. The molecule has 2 aromatic rings. The number of ether oxygens (including phenoxy) is 1. The van der Waals surface area contributed by atoms with E-state index in [-0.39, 0.29) is 17.1 Å². The first-order valence-electron chi connectivity index (χ1n) is 8.61. The third-order valence-corrected chi connectivity index (χ3v) is 4.32. The van der Waals surface area contributed by atoms with Gasteiger partial charge in [0.1, 0.15) is 17.3 Å². The monoisotopic (exact) mass is 404 g/mol. The summed E-state index contributed by atoms with van der Waals surface area (Å²) in [6.45, 7) is 1.59. The van der Waals surface area contributed by atoms with Gasteiger partial charge in [0.05, 0.1) is 11.1 Å². The van der Waals surface area contributed by atoms with Crippen molar-refractivity contribution in [3.63, 3.8) is 0 Å². The largest absolute Gasteiger partial charge is 0.478 e. The molecule has 0 bridgehead atoms. The van der Waals surface area contributed by atoms with E-state index in [0.29, 0.717) is 23.1 Å². The van der Waals surface area contributed by atoms with Crippen LogP contribution in [0.15, 0.2) is 65.8 Å². The van der Waals surface area contributed by atoms with Crippen LogP contribution in [-0.4, -0.2) is 11.1 Å². The summed E-state index contributed by atoms with van der Waals surface area (Å²) in [7, 11) is 0. The lowest BCUT2D eigenvalue weighted by Crippen LogP contribution is -2.05. The van der Waals surface area contributed by atoms with Crippen LogP contribution in [0.5, 0.6) is 11.5 Å². The molecule has 0 aromatic heterocycles. The zero-order valence-electron chi connectivity index (χ0n) is 15.3. The Morgan fingerprint density at radius 1 is 1.10 bits per heavy atom. The maximum Gasteiger partial charge on any atom is 0.416 e. The van der Waals surface area contributed by atoms with Crippen molar-refractivity contribution in [2.75, 3.05) is 0 Å². The smallest absolute Gasteiger partial charge is 0.416 e. The van der Waals surface area contributed by atoms with Gasteiger partial charge in [-0.15, -0.1) is 0 Å². The third kappa shape index (κ3) is 4.93. The fraction of sp³-hybridized carbons (Fsp3) is 0.136. The highest BCUT2D eigenvalue weighted by Crippen LogP contribution is 2.37. The van der Waals surface area contributed by atoms with Gasteiger partial charge in [-0.1, -0.05) is 18.2 Å². The fourth-order valence-corrected chi connectivity index (χ4v) is 2.79. The molecule has 1 aliphatic rings. The third-order valence-electron chi connectivity index (χ3n) is 4.32. The van der Waals surface area contributed by atoms with Gasteiger partial charge in [-0.05, 0) is 67.0 Å². The number of hydrogen-bond acceptors (Lipinski definition) is 2. The highest BCUT2D eigenvalue weighted by molar-refractivity contribution is 5.90. The molecular formula is C22H16F4O3. The van der Waals surface area contributed by atoms with Crippen molar-refractivity contribution in [1.29, 1.82) is 0 Å². The van der Waals surface area contributed by atoms with Crippen LogP contribution in [0.1, 0.15) is 23.1 Å². The maximum atomic E-state index is 13.3. The number of carboxylic acid groups (broad SMARTS) is 1. The van der Waals surface area contributed by atoms with Crippen molar-refractivity contribution >= 4 is 12.0 Å². The molecule has 3 nitrogen and oxygen atoms in total. The van der Waals surface area contributed by atoms with Crippen molar-refractivity contribution in [2.24, 2.45) is 0 Å². The van der Waals surface area contributed by atoms with Gasteiger partial charge in [-0.25, -0.2) is 9.18 Å². The normalized spacial score (nSPS) is 15.3. The van der Waals surface area contributed by atoms with Crippen molar-refractivity contribution in [1.82, 2.24) is 0 Å². The van der Waals surface area contributed by atoms with E-state index >= 15 is 0 Å². The van der Waals surface area contributed by atoms with Crippen LogP contribution in [0.2, 0.25) is 0 Å². The molecule has 1 aliphatic carbocycles. The molecule has 0 radical (unpaired) electrons. The molecule has 0 fully saturated rings. The number of allylic oxidation sites excluding steroid dienone is 3. The second kappa shape index (κ2) is 7.95. The Balaban J connectivity index is 2.00. The van der Waals surface area contributed by atoms with E-state index in [4.69, 9.17) is 9.84 Å². The molecule has 0 atom stereocenters. The fourth-order valence-electron chi connectivity index (χ4n) is 2.79. The second-order valence-corrected chi connectivity index (χ2v) is 6.48. The number of hydrogen-bond donors (Lipinski definition) is 1. The minimum atomic E-state index is -4.55. The summed E-state index contributed by atoms with van der Waals surface area (Å²) >= 11 is 0. The molecule has 29 heavy (non-hydrogen) atoms. The van der Waals surface area contributed by atoms with Gasteiger partial charge in [-0.2, -0.15) is 13.2 Å². The van der Waals surface area contributed by atoms with Crippen molar-refractivity contribution in [3.05, 3.63) is 88.3 Å². The average molecular weight is 404 g/mol. The molecule has 0 heterocycles. The van der Waals surface area contributed by atoms with Crippen LogP contribution in [0.4, 0.5) is 17.6 Å². The number of carboxylic acids is 1. The van der Waals surface area contributed by atoms with Crippen LogP contribution < -0.4 is 4.74 Å². The van der Waals surface area contributed by atoms with Gasteiger partial charge < -0.3 is 9.84 Å².